The zero-order valence-electron chi connectivity index (χ0n) is 15.3. The lowest BCUT2D eigenvalue weighted by Gasteiger charge is -2.25. The van der Waals surface area contributed by atoms with Crippen molar-refractivity contribution in [3.8, 4) is 5.75 Å². The van der Waals surface area contributed by atoms with Gasteiger partial charge in [-0.1, -0.05) is 24.3 Å². The molecule has 1 N–H and O–H groups in total. The van der Waals surface area contributed by atoms with Crippen molar-refractivity contribution in [2.75, 3.05) is 17.3 Å². The number of nitrogens with zero attached hydrogens (tertiary/aromatic N) is 2. The van der Waals surface area contributed by atoms with Crippen LogP contribution in [0.15, 0.2) is 66.9 Å². The molecule has 5 heteroatoms. The third kappa shape index (κ3) is 3.24. The number of methoxy groups -OCH3 is 1. The summed E-state index contributed by atoms with van der Waals surface area (Å²) in [5.41, 5.74) is 3.61. The molecule has 1 aromatic heterocycles. The summed E-state index contributed by atoms with van der Waals surface area (Å²) < 4.78 is 5.23. The Hall–Kier alpha value is -3.34. The minimum absolute atomic E-state index is 0.192. The van der Waals surface area contributed by atoms with E-state index in [0.717, 1.165) is 12.1 Å². The Kier molecular flexibility index (Phi) is 4.50. The summed E-state index contributed by atoms with van der Waals surface area (Å²) in [7, 11) is 1.60. The second kappa shape index (κ2) is 7.11. The van der Waals surface area contributed by atoms with Gasteiger partial charge in [0, 0.05) is 29.7 Å². The van der Waals surface area contributed by atoms with E-state index in [9.17, 15) is 4.79 Å². The van der Waals surface area contributed by atoms with E-state index in [4.69, 9.17) is 4.74 Å². The van der Waals surface area contributed by atoms with Crippen molar-refractivity contribution >= 4 is 23.1 Å². The van der Waals surface area contributed by atoms with Crippen LogP contribution in [0, 0.1) is 0 Å². The summed E-state index contributed by atoms with van der Waals surface area (Å²) in [5.74, 6) is 1.18. The minimum atomic E-state index is -0.192. The van der Waals surface area contributed by atoms with E-state index in [1.807, 2.05) is 36.4 Å². The number of benzene rings is 2. The molecule has 3 aromatic rings. The molecular formula is C22H21N3O2. The fourth-order valence-corrected chi connectivity index (χ4v) is 3.55. The maximum absolute atomic E-state index is 13.0. The number of anilines is 3. The molecule has 0 bridgehead atoms. The highest BCUT2D eigenvalue weighted by Crippen LogP contribution is 2.38. The van der Waals surface area contributed by atoms with E-state index in [2.05, 4.69) is 34.3 Å². The average molecular weight is 359 g/mol. The molecule has 27 heavy (non-hydrogen) atoms. The van der Waals surface area contributed by atoms with Crippen molar-refractivity contribution in [2.45, 2.75) is 19.4 Å². The molecule has 1 aliphatic rings. The molecule has 1 atom stereocenters. The van der Waals surface area contributed by atoms with Crippen LogP contribution < -0.4 is 15.0 Å². The molecule has 0 saturated carbocycles. The summed E-state index contributed by atoms with van der Waals surface area (Å²) in [6.45, 7) is 2.15. The summed E-state index contributed by atoms with van der Waals surface area (Å²) in [6.07, 6.45) is 2.66. The molecule has 136 valence electrons. The molecular weight excluding hydrogens is 338 g/mol. The molecule has 0 radical (unpaired) electrons. The van der Waals surface area contributed by atoms with Gasteiger partial charge in [0.05, 0.1) is 12.7 Å². The summed E-state index contributed by atoms with van der Waals surface area (Å²) >= 11 is 0. The van der Waals surface area contributed by atoms with Crippen molar-refractivity contribution in [1.82, 2.24) is 4.98 Å². The monoisotopic (exact) mass is 359 g/mol. The molecule has 2 heterocycles. The van der Waals surface area contributed by atoms with E-state index in [1.165, 1.54) is 5.56 Å². The largest absolute Gasteiger partial charge is 0.497 e. The number of nitrogens with one attached hydrogen (secondary N) is 1. The Morgan fingerprint density at radius 3 is 2.85 bits per heavy atom. The maximum Gasteiger partial charge on any atom is 0.259 e. The predicted octanol–water partition coefficient (Wildman–Crippen LogP) is 4.43. The quantitative estimate of drug-likeness (QED) is 0.749. The molecule has 5 nitrogen and oxygen atoms in total. The number of carbonyl (C=O) groups excluding carboxylic acids is 1. The number of carbonyl (C=O) groups is 1. The van der Waals surface area contributed by atoms with Crippen LogP contribution in [0.4, 0.5) is 17.2 Å². The van der Waals surface area contributed by atoms with E-state index < -0.39 is 0 Å². The molecule has 1 unspecified atom stereocenters. The lowest BCUT2D eigenvalue weighted by atomic mass is 10.1. The molecule has 1 aliphatic heterocycles. The minimum Gasteiger partial charge on any atom is -0.497 e. The topological polar surface area (TPSA) is 54.5 Å². The first-order chi connectivity index (χ1) is 13.2. The van der Waals surface area contributed by atoms with Crippen LogP contribution in [0.25, 0.3) is 0 Å². The number of pyridine rings is 1. The van der Waals surface area contributed by atoms with E-state index >= 15 is 0 Å². The number of hydrogen-bond donors (Lipinski definition) is 1. The van der Waals surface area contributed by atoms with E-state index in [-0.39, 0.29) is 11.9 Å². The lowest BCUT2D eigenvalue weighted by molar-refractivity contribution is 0.102. The van der Waals surface area contributed by atoms with Gasteiger partial charge in [-0.05, 0) is 49.2 Å². The second-order valence-corrected chi connectivity index (χ2v) is 6.61. The zero-order valence-corrected chi connectivity index (χ0v) is 15.3. The van der Waals surface area contributed by atoms with Crippen molar-refractivity contribution in [3.63, 3.8) is 0 Å². The first-order valence-corrected chi connectivity index (χ1v) is 8.95. The Morgan fingerprint density at radius 2 is 2.00 bits per heavy atom. The van der Waals surface area contributed by atoms with Gasteiger partial charge in [-0.2, -0.15) is 0 Å². The van der Waals surface area contributed by atoms with Gasteiger partial charge >= 0.3 is 0 Å². The number of ether oxygens (including phenoxy) is 1. The maximum atomic E-state index is 13.0. The van der Waals surface area contributed by atoms with Gasteiger partial charge in [0.15, 0.2) is 0 Å². The second-order valence-electron chi connectivity index (χ2n) is 6.61. The summed E-state index contributed by atoms with van der Waals surface area (Å²) in [5, 5.41) is 2.95. The smallest absolute Gasteiger partial charge is 0.259 e. The fourth-order valence-electron chi connectivity index (χ4n) is 3.55. The Bertz CT molecular complexity index is 987. The van der Waals surface area contributed by atoms with Crippen LogP contribution in [-0.2, 0) is 6.42 Å². The van der Waals surface area contributed by atoms with Crippen LogP contribution in [0.5, 0.6) is 5.75 Å². The molecule has 4 rings (SSSR count). The summed E-state index contributed by atoms with van der Waals surface area (Å²) in [6, 6.07) is 19.4. The molecule has 1 amide bonds. The van der Waals surface area contributed by atoms with E-state index in [0.29, 0.717) is 22.8 Å². The van der Waals surface area contributed by atoms with Crippen LogP contribution in [0.2, 0.25) is 0 Å². The Labute approximate surface area is 158 Å². The van der Waals surface area contributed by atoms with Crippen molar-refractivity contribution in [3.05, 3.63) is 78.0 Å². The Balaban J connectivity index is 1.68. The molecule has 0 fully saturated rings. The standard InChI is InChI=1S/C22H21N3O2/c1-15-13-16-7-3-4-11-20(16)25(15)21-19(10-6-12-23-21)22(26)24-17-8-5-9-18(14-17)27-2/h3-12,14-15H,13H2,1-2H3,(H,24,26). The van der Waals surface area contributed by atoms with Gasteiger partial charge in [0.25, 0.3) is 5.91 Å². The van der Waals surface area contributed by atoms with Crippen molar-refractivity contribution < 1.29 is 9.53 Å². The number of fused-ring (bicyclic) bond motifs is 1. The van der Waals surface area contributed by atoms with Gasteiger partial charge < -0.3 is 15.0 Å². The number of hydrogen-bond acceptors (Lipinski definition) is 4. The first kappa shape index (κ1) is 17.1. The molecule has 0 aliphatic carbocycles. The zero-order chi connectivity index (χ0) is 18.8. The average Bonchev–Trinajstić information content (AvgIpc) is 3.03. The normalized spacial score (nSPS) is 15.3. The van der Waals surface area contributed by atoms with Gasteiger partial charge in [-0.25, -0.2) is 4.98 Å². The number of para-hydroxylation sites is 1. The molecule has 0 saturated heterocycles. The first-order valence-electron chi connectivity index (χ1n) is 8.95. The third-order valence-corrected chi connectivity index (χ3v) is 4.79. The lowest BCUT2D eigenvalue weighted by Crippen LogP contribution is -2.27. The molecule has 2 aromatic carbocycles. The number of amides is 1. The van der Waals surface area contributed by atoms with Crippen LogP contribution >= 0.6 is 0 Å². The van der Waals surface area contributed by atoms with Crippen molar-refractivity contribution in [2.24, 2.45) is 0 Å². The third-order valence-electron chi connectivity index (χ3n) is 4.79. The molecule has 0 spiro atoms. The van der Waals surface area contributed by atoms with Gasteiger partial charge in [-0.3, -0.25) is 4.79 Å². The highest BCUT2D eigenvalue weighted by molar-refractivity contribution is 6.08. The van der Waals surface area contributed by atoms with Gasteiger partial charge in [0.2, 0.25) is 0 Å². The van der Waals surface area contributed by atoms with Crippen LogP contribution in [0.1, 0.15) is 22.8 Å². The Morgan fingerprint density at radius 1 is 1.15 bits per heavy atom. The summed E-state index contributed by atoms with van der Waals surface area (Å²) in [4.78, 5) is 19.7. The van der Waals surface area contributed by atoms with E-state index in [1.54, 1.807) is 25.4 Å². The number of aromatic nitrogens is 1. The highest BCUT2D eigenvalue weighted by Gasteiger charge is 2.30. The van der Waals surface area contributed by atoms with Gasteiger partial charge in [0.1, 0.15) is 11.6 Å². The van der Waals surface area contributed by atoms with Gasteiger partial charge in [-0.15, -0.1) is 0 Å². The number of rotatable bonds is 4. The highest BCUT2D eigenvalue weighted by atomic mass is 16.5. The van der Waals surface area contributed by atoms with Crippen LogP contribution in [0.3, 0.4) is 0 Å². The van der Waals surface area contributed by atoms with Crippen LogP contribution in [-0.4, -0.2) is 24.0 Å². The predicted molar refractivity (Wildman–Crippen MR) is 107 cm³/mol. The van der Waals surface area contributed by atoms with Crippen molar-refractivity contribution in [1.29, 1.82) is 0 Å². The fraction of sp³-hybridized carbons (Fsp3) is 0.182. The SMILES string of the molecule is COc1cccc(NC(=O)c2cccnc2N2c3ccccc3CC2C)c1.